The Labute approximate surface area is 138 Å². The van der Waals surface area contributed by atoms with Gasteiger partial charge in [0.15, 0.2) is 11.5 Å². The first-order chi connectivity index (χ1) is 9.28. The van der Waals surface area contributed by atoms with Crippen LogP contribution < -0.4 is 19.5 Å². The first kappa shape index (κ1) is 20.1. The Kier molecular flexibility index (Phi) is 9.53. The fourth-order valence-electron chi connectivity index (χ4n) is 2.33. The minimum atomic E-state index is 0. The third-order valence-corrected chi connectivity index (χ3v) is 3.39. The standard InChI is InChI=1S/C14H22N2O3.2ClH/c1-17-12-9-14(19-3)13(18-2)8-11(12)10-16-6-4-15-5-7-16;;/h8-9,15H,4-7,10H2,1-3H3;2*1H. The molecule has 122 valence electrons. The molecule has 5 nitrogen and oxygen atoms in total. The summed E-state index contributed by atoms with van der Waals surface area (Å²) >= 11 is 0. The van der Waals surface area contributed by atoms with Gasteiger partial charge < -0.3 is 19.5 Å². The zero-order chi connectivity index (χ0) is 13.7. The molecular formula is C14H24Cl2N2O3. The largest absolute Gasteiger partial charge is 0.496 e. The van der Waals surface area contributed by atoms with E-state index in [9.17, 15) is 0 Å². The van der Waals surface area contributed by atoms with Crippen LogP contribution in [-0.4, -0.2) is 52.4 Å². The van der Waals surface area contributed by atoms with Gasteiger partial charge in [-0.15, -0.1) is 24.8 Å². The van der Waals surface area contributed by atoms with Gasteiger partial charge in [0.1, 0.15) is 5.75 Å². The lowest BCUT2D eigenvalue weighted by Gasteiger charge is -2.28. The molecule has 0 amide bonds. The van der Waals surface area contributed by atoms with E-state index in [0.717, 1.165) is 49.8 Å². The first-order valence-corrected chi connectivity index (χ1v) is 6.50. The Morgan fingerprint density at radius 2 is 1.43 bits per heavy atom. The normalized spacial score (nSPS) is 14.6. The van der Waals surface area contributed by atoms with Crippen molar-refractivity contribution in [1.29, 1.82) is 0 Å². The van der Waals surface area contributed by atoms with Crippen LogP contribution in [0.25, 0.3) is 0 Å². The maximum atomic E-state index is 5.45. The van der Waals surface area contributed by atoms with Gasteiger partial charge in [-0.2, -0.15) is 0 Å². The van der Waals surface area contributed by atoms with E-state index in [2.05, 4.69) is 10.2 Å². The minimum Gasteiger partial charge on any atom is -0.496 e. The molecule has 0 saturated carbocycles. The Morgan fingerprint density at radius 1 is 0.905 bits per heavy atom. The summed E-state index contributed by atoms with van der Waals surface area (Å²) in [4.78, 5) is 2.40. The summed E-state index contributed by atoms with van der Waals surface area (Å²) in [6.45, 7) is 5.05. The maximum Gasteiger partial charge on any atom is 0.164 e. The Morgan fingerprint density at radius 3 is 1.95 bits per heavy atom. The molecule has 0 aromatic heterocycles. The van der Waals surface area contributed by atoms with Crippen LogP contribution in [0.3, 0.4) is 0 Å². The monoisotopic (exact) mass is 338 g/mol. The molecule has 1 aliphatic heterocycles. The van der Waals surface area contributed by atoms with Crippen molar-refractivity contribution in [2.75, 3.05) is 47.5 Å². The van der Waals surface area contributed by atoms with Crippen molar-refractivity contribution in [2.45, 2.75) is 6.54 Å². The molecule has 1 saturated heterocycles. The van der Waals surface area contributed by atoms with Gasteiger partial charge in [-0.25, -0.2) is 0 Å². The van der Waals surface area contributed by atoms with Gasteiger partial charge in [0.2, 0.25) is 0 Å². The zero-order valence-electron chi connectivity index (χ0n) is 12.7. The average Bonchev–Trinajstić information content (AvgIpc) is 2.47. The second kappa shape index (κ2) is 9.95. The molecule has 1 heterocycles. The fourth-order valence-corrected chi connectivity index (χ4v) is 2.33. The molecule has 1 aliphatic rings. The molecule has 1 fully saturated rings. The lowest BCUT2D eigenvalue weighted by molar-refractivity contribution is 0.229. The molecular weight excluding hydrogens is 315 g/mol. The molecule has 0 unspecified atom stereocenters. The average molecular weight is 339 g/mol. The lowest BCUT2D eigenvalue weighted by Crippen LogP contribution is -2.42. The number of methoxy groups -OCH3 is 3. The molecule has 1 aromatic carbocycles. The van der Waals surface area contributed by atoms with Gasteiger partial charge in [-0.1, -0.05) is 0 Å². The van der Waals surface area contributed by atoms with Crippen molar-refractivity contribution in [3.8, 4) is 17.2 Å². The van der Waals surface area contributed by atoms with Gasteiger partial charge >= 0.3 is 0 Å². The van der Waals surface area contributed by atoms with E-state index in [1.54, 1.807) is 21.3 Å². The SMILES string of the molecule is COc1cc(OC)c(OC)cc1CN1CCNCC1.Cl.Cl. The minimum absolute atomic E-state index is 0. The summed E-state index contributed by atoms with van der Waals surface area (Å²) in [7, 11) is 4.97. The maximum absolute atomic E-state index is 5.45. The summed E-state index contributed by atoms with van der Waals surface area (Å²) < 4.78 is 16.1. The van der Waals surface area contributed by atoms with Crippen molar-refractivity contribution in [3.05, 3.63) is 17.7 Å². The third-order valence-electron chi connectivity index (χ3n) is 3.39. The summed E-state index contributed by atoms with van der Waals surface area (Å²) in [5.74, 6) is 2.29. The van der Waals surface area contributed by atoms with Crippen molar-refractivity contribution < 1.29 is 14.2 Å². The number of halogens is 2. The van der Waals surface area contributed by atoms with Crippen LogP contribution in [0.15, 0.2) is 12.1 Å². The topological polar surface area (TPSA) is 43.0 Å². The number of nitrogens with zero attached hydrogens (tertiary/aromatic N) is 1. The van der Waals surface area contributed by atoms with Crippen LogP contribution >= 0.6 is 24.8 Å². The van der Waals surface area contributed by atoms with Gasteiger partial charge in [0.05, 0.1) is 21.3 Å². The van der Waals surface area contributed by atoms with E-state index in [0.29, 0.717) is 5.75 Å². The van der Waals surface area contributed by atoms with Crippen LogP contribution in [0.4, 0.5) is 0 Å². The zero-order valence-corrected chi connectivity index (χ0v) is 14.3. The molecule has 0 aliphatic carbocycles. The highest BCUT2D eigenvalue weighted by Crippen LogP contribution is 2.35. The molecule has 0 radical (unpaired) electrons. The highest BCUT2D eigenvalue weighted by atomic mass is 35.5. The lowest BCUT2D eigenvalue weighted by atomic mass is 10.1. The van der Waals surface area contributed by atoms with Crippen LogP contribution in [-0.2, 0) is 6.54 Å². The Bertz CT molecular complexity index is 427. The highest BCUT2D eigenvalue weighted by Gasteiger charge is 2.16. The smallest absolute Gasteiger partial charge is 0.164 e. The molecule has 0 bridgehead atoms. The third kappa shape index (κ3) is 5.11. The van der Waals surface area contributed by atoms with E-state index in [1.807, 2.05) is 12.1 Å². The van der Waals surface area contributed by atoms with Gasteiger partial charge in [-0.3, -0.25) is 4.90 Å². The highest BCUT2D eigenvalue weighted by molar-refractivity contribution is 5.85. The van der Waals surface area contributed by atoms with Crippen LogP contribution in [0.1, 0.15) is 5.56 Å². The van der Waals surface area contributed by atoms with E-state index < -0.39 is 0 Å². The van der Waals surface area contributed by atoms with Crippen LogP contribution in [0, 0.1) is 0 Å². The van der Waals surface area contributed by atoms with Crippen molar-refractivity contribution in [2.24, 2.45) is 0 Å². The molecule has 2 rings (SSSR count). The number of hydrogen-bond acceptors (Lipinski definition) is 5. The predicted octanol–water partition coefficient (Wildman–Crippen LogP) is 1.96. The first-order valence-electron chi connectivity index (χ1n) is 6.50. The fraction of sp³-hybridized carbons (Fsp3) is 0.571. The Balaban J connectivity index is 0.00000200. The van der Waals surface area contributed by atoms with Gasteiger partial charge in [-0.05, 0) is 6.07 Å². The summed E-state index contributed by atoms with van der Waals surface area (Å²) in [5, 5.41) is 3.35. The van der Waals surface area contributed by atoms with E-state index in [1.165, 1.54) is 0 Å². The quantitative estimate of drug-likeness (QED) is 0.888. The number of nitrogens with one attached hydrogen (secondary N) is 1. The number of rotatable bonds is 5. The van der Waals surface area contributed by atoms with Gasteiger partial charge in [0.25, 0.3) is 0 Å². The molecule has 1 aromatic rings. The molecule has 0 spiro atoms. The number of ether oxygens (including phenoxy) is 3. The summed E-state index contributed by atoms with van der Waals surface area (Å²) in [5.41, 5.74) is 1.13. The molecule has 0 atom stereocenters. The number of piperazine rings is 1. The van der Waals surface area contributed by atoms with Gasteiger partial charge in [0, 0.05) is 44.4 Å². The molecule has 7 heteroatoms. The second-order valence-electron chi connectivity index (χ2n) is 4.55. The second-order valence-corrected chi connectivity index (χ2v) is 4.55. The predicted molar refractivity (Wildman–Crippen MR) is 88.7 cm³/mol. The van der Waals surface area contributed by atoms with Crippen molar-refractivity contribution >= 4 is 24.8 Å². The van der Waals surface area contributed by atoms with E-state index in [4.69, 9.17) is 14.2 Å². The Hall–Kier alpha value is -0.880. The van der Waals surface area contributed by atoms with E-state index in [-0.39, 0.29) is 24.8 Å². The number of benzene rings is 1. The van der Waals surface area contributed by atoms with E-state index >= 15 is 0 Å². The van der Waals surface area contributed by atoms with Crippen LogP contribution in [0.5, 0.6) is 17.2 Å². The molecule has 1 N–H and O–H groups in total. The number of hydrogen-bond donors (Lipinski definition) is 1. The summed E-state index contributed by atoms with van der Waals surface area (Å²) in [6.07, 6.45) is 0. The summed E-state index contributed by atoms with van der Waals surface area (Å²) in [6, 6.07) is 3.88. The van der Waals surface area contributed by atoms with Crippen molar-refractivity contribution in [1.82, 2.24) is 10.2 Å². The van der Waals surface area contributed by atoms with Crippen LogP contribution in [0.2, 0.25) is 0 Å². The molecule has 21 heavy (non-hydrogen) atoms. The van der Waals surface area contributed by atoms with Crippen molar-refractivity contribution in [3.63, 3.8) is 0 Å².